The summed E-state index contributed by atoms with van der Waals surface area (Å²) >= 11 is 0. The van der Waals surface area contributed by atoms with Crippen molar-refractivity contribution in [2.24, 2.45) is 0 Å². The summed E-state index contributed by atoms with van der Waals surface area (Å²) in [6.07, 6.45) is 5.80. The predicted molar refractivity (Wildman–Crippen MR) is 196 cm³/mol. The second-order valence-corrected chi connectivity index (χ2v) is 12.9. The van der Waals surface area contributed by atoms with Crippen molar-refractivity contribution in [3.05, 3.63) is 168 Å². The van der Waals surface area contributed by atoms with Crippen LogP contribution < -0.4 is 4.74 Å². The SMILES string of the molecule is Cc1cccc(C)c1-n1ccnc1-c1cccc(Oc2ccc3c4ccccc4n(-c4cc(C(C)(C)c5ccccc5)ccn4)c3c2)c1. The molecule has 8 aromatic rings. The van der Waals surface area contributed by atoms with E-state index in [0.29, 0.717) is 0 Å². The maximum absolute atomic E-state index is 6.57. The van der Waals surface area contributed by atoms with E-state index in [-0.39, 0.29) is 5.41 Å². The number of rotatable bonds is 7. The summed E-state index contributed by atoms with van der Waals surface area (Å²) in [6, 6.07) is 44.3. The van der Waals surface area contributed by atoms with Crippen LogP contribution in [0.1, 0.15) is 36.1 Å². The fourth-order valence-corrected chi connectivity index (χ4v) is 6.93. The van der Waals surface area contributed by atoms with Gasteiger partial charge in [0.2, 0.25) is 0 Å². The summed E-state index contributed by atoms with van der Waals surface area (Å²) in [6.45, 7) is 8.80. The molecule has 0 atom stereocenters. The van der Waals surface area contributed by atoms with Crippen LogP contribution in [0, 0.1) is 13.8 Å². The summed E-state index contributed by atoms with van der Waals surface area (Å²) < 4.78 is 11.0. The zero-order chi connectivity index (χ0) is 32.8. The summed E-state index contributed by atoms with van der Waals surface area (Å²) in [5, 5.41) is 2.32. The third-order valence-electron chi connectivity index (χ3n) is 9.49. The second-order valence-electron chi connectivity index (χ2n) is 12.9. The van der Waals surface area contributed by atoms with Crippen molar-refractivity contribution in [1.29, 1.82) is 0 Å². The summed E-state index contributed by atoms with van der Waals surface area (Å²) in [5.74, 6) is 3.25. The van der Waals surface area contributed by atoms with Gasteiger partial charge in [-0.15, -0.1) is 0 Å². The molecule has 0 spiro atoms. The van der Waals surface area contributed by atoms with Crippen molar-refractivity contribution in [2.75, 3.05) is 0 Å². The number of imidazole rings is 1. The van der Waals surface area contributed by atoms with Crippen LogP contribution in [0.2, 0.25) is 0 Å². The Morgan fingerprint density at radius 1 is 0.583 bits per heavy atom. The highest BCUT2D eigenvalue weighted by Crippen LogP contribution is 2.37. The van der Waals surface area contributed by atoms with Crippen LogP contribution in [0.4, 0.5) is 0 Å². The highest BCUT2D eigenvalue weighted by Gasteiger charge is 2.24. The number of hydrogen-bond acceptors (Lipinski definition) is 3. The first kappa shape index (κ1) is 29.5. The zero-order valence-electron chi connectivity index (χ0n) is 27.6. The van der Waals surface area contributed by atoms with Gasteiger partial charge in [-0.25, -0.2) is 9.97 Å². The fourth-order valence-electron chi connectivity index (χ4n) is 6.93. The fraction of sp³-hybridized carbons (Fsp3) is 0.116. The molecule has 5 heteroatoms. The number of para-hydroxylation sites is 2. The molecule has 0 aliphatic rings. The Morgan fingerprint density at radius 2 is 1.31 bits per heavy atom. The van der Waals surface area contributed by atoms with Gasteiger partial charge < -0.3 is 4.74 Å². The molecular weight excluding hydrogens is 589 g/mol. The summed E-state index contributed by atoms with van der Waals surface area (Å²) in [5.41, 5.74) is 8.96. The van der Waals surface area contributed by atoms with E-state index in [2.05, 4.69) is 146 Å². The van der Waals surface area contributed by atoms with Crippen LogP contribution in [0.3, 0.4) is 0 Å². The minimum absolute atomic E-state index is 0.191. The third kappa shape index (κ3) is 5.05. The van der Waals surface area contributed by atoms with Crippen molar-refractivity contribution in [3.63, 3.8) is 0 Å². The van der Waals surface area contributed by atoms with E-state index in [9.17, 15) is 0 Å². The summed E-state index contributed by atoms with van der Waals surface area (Å²) in [7, 11) is 0. The van der Waals surface area contributed by atoms with E-state index in [4.69, 9.17) is 14.7 Å². The number of aromatic nitrogens is 4. The van der Waals surface area contributed by atoms with E-state index in [1.165, 1.54) is 27.6 Å². The molecule has 5 aromatic carbocycles. The minimum atomic E-state index is -0.191. The molecule has 0 bridgehead atoms. The maximum atomic E-state index is 6.57. The number of hydrogen-bond donors (Lipinski definition) is 0. The van der Waals surface area contributed by atoms with E-state index in [0.717, 1.165) is 50.8 Å². The first-order valence-corrected chi connectivity index (χ1v) is 16.3. The Bertz CT molecular complexity index is 2410. The molecule has 0 fully saturated rings. The smallest absolute Gasteiger partial charge is 0.144 e. The number of ether oxygens (including phenoxy) is 1. The molecule has 0 aliphatic heterocycles. The average molecular weight is 625 g/mol. The molecule has 48 heavy (non-hydrogen) atoms. The lowest BCUT2D eigenvalue weighted by Crippen LogP contribution is -2.19. The van der Waals surface area contributed by atoms with E-state index in [1.807, 2.05) is 36.8 Å². The molecule has 0 amide bonds. The van der Waals surface area contributed by atoms with E-state index < -0.39 is 0 Å². The molecular formula is C43H36N4O. The van der Waals surface area contributed by atoms with Gasteiger partial charge in [0, 0.05) is 46.4 Å². The van der Waals surface area contributed by atoms with Gasteiger partial charge >= 0.3 is 0 Å². The molecule has 5 nitrogen and oxygen atoms in total. The van der Waals surface area contributed by atoms with Crippen molar-refractivity contribution in [1.82, 2.24) is 19.1 Å². The Labute approximate surface area is 280 Å². The van der Waals surface area contributed by atoms with Crippen molar-refractivity contribution in [3.8, 4) is 34.4 Å². The zero-order valence-corrected chi connectivity index (χ0v) is 27.6. The van der Waals surface area contributed by atoms with Crippen LogP contribution in [0.25, 0.3) is 44.7 Å². The molecule has 234 valence electrons. The van der Waals surface area contributed by atoms with E-state index in [1.54, 1.807) is 0 Å². The topological polar surface area (TPSA) is 44.9 Å². The van der Waals surface area contributed by atoms with Gasteiger partial charge in [-0.2, -0.15) is 0 Å². The predicted octanol–water partition coefficient (Wildman–Crippen LogP) is 10.8. The van der Waals surface area contributed by atoms with Crippen LogP contribution in [-0.2, 0) is 5.41 Å². The molecule has 0 saturated heterocycles. The van der Waals surface area contributed by atoms with Gasteiger partial charge in [0.05, 0.1) is 16.7 Å². The van der Waals surface area contributed by atoms with Crippen LogP contribution in [0.15, 0.2) is 146 Å². The standard InChI is InChI=1S/C43H36N4O/c1-29-12-10-13-30(2)41(29)46-25-24-45-42(46)31-14-11-17-34(26-31)48-35-20-21-37-36-18-8-9-19-38(36)47(39(37)28-35)40-27-33(22-23-44-40)43(3,4)32-15-6-5-7-16-32/h5-28H,1-4H3. The molecule has 8 rings (SSSR count). The Kier molecular flexibility index (Phi) is 7.18. The highest BCUT2D eigenvalue weighted by atomic mass is 16.5. The second kappa shape index (κ2) is 11.7. The number of fused-ring (bicyclic) bond motifs is 3. The molecule has 0 radical (unpaired) electrons. The Hall–Kier alpha value is -5.94. The van der Waals surface area contributed by atoms with Gasteiger partial charge in [0.25, 0.3) is 0 Å². The molecule has 3 aromatic heterocycles. The van der Waals surface area contributed by atoms with Gasteiger partial charge in [-0.3, -0.25) is 9.13 Å². The molecule has 3 heterocycles. The maximum Gasteiger partial charge on any atom is 0.144 e. The number of nitrogens with zero attached hydrogens (tertiary/aromatic N) is 4. The number of pyridine rings is 1. The van der Waals surface area contributed by atoms with Gasteiger partial charge in [-0.05, 0) is 78.6 Å². The molecule has 0 aliphatic carbocycles. The first-order chi connectivity index (χ1) is 23.4. The monoisotopic (exact) mass is 624 g/mol. The lowest BCUT2D eigenvalue weighted by molar-refractivity contribution is 0.483. The minimum Gasteiger partial charge on any atom is -0.457 e. The lowest BCUT2D eigenvalue weighted by atomic mass is 9.78. The van der Waals surface area contributed by atoms with Crippen LogP contribution in [-0.4, -0.2) is 19.1 Å². The molecule has 0 N–H and O–H groups in total. The highest BCUT2D eigenvalue weighted by molar-refractivity contribution is 6.09. The molecule has 0 unspecified atom stereocenters. The first-order valence-electron chi connectivity index (χ1n) is 16.3. The van der Waals surface area contributed by atoms with Crippen molar-refractivity contribution in [2.45, 2.75) is 33.1 Å². The van der Waals surface area contributed by atoms with Gasteiger partial charge in [0.1, 0.15) is 23.1 Å². The van der Waals surface area contributed by atoms with Gasteiger partial charge in [0.15, 0.2) is 0 Å². The normalized spacial score (nSPS) is 11.8. The largest absolute Gasteiger partial charge is 0.457 e. The number of aryl methyl sites for hydroxylation is 2. The molecule has 0 saturated carbocycles. The number of benzene rings is 5. The van der Waals surface area contributed by atoms with E-state index >= 15 is 0 Å². The quantitative estimate of drug-likeness (QED) is 0.177. The average Bonchev–Trinajstić information content (AvgIpc) is 3.72. The lowest BCUT2D eigenvalue weighted by Gasteiger charge is -2.26. The van der Waals surface area contributed by atoms with Crippen LogP contribution in [0.5, 0.6) is 11.5 Å². The van der Waals surface area contributed by atoms with Gasteiger partial charge in [-0.1, -0.05) is 92.7 Å². The van der Waals surface area contributed by atoms with Crippen LogP contribution >= 0.6 is 0 Å². The van der Waals surface area contributed by atoms with Crippen molar-refractivity contribution < 1.29 is 4.74 Å². The Balaban J connectivity index is 1.19. The third-order valence-corrected chi connectivity index (χ3v) is 9.49. The van der Waals surface area contributed by atoms with Crippen molar-refractivity contribution >= 4 is 21.8 Å². The Morgan fingerprint density at radius 3 is 2.15 bits per heavy atom. The summed E-state index contributed by atoms with van der Waals surface area (Å²) in [4.78, 5) is 9.65.